The van der Waals surface area contributed by atoms with Gasteiger partial charge in [-0.05, 0) is 25.1 Å². The van der Waals surface area contributed by atoms with E-state index in [-0.39, 0.29) is 16.9 Å². The van der Waals surface area contributed by atoms with Crippen molar-refractivity contribution < 1.29 is 9.53 Å². The van der Waals surface area contributed by atoms with Crippen molar-refractivity contribution in [3.8, 4) is 0 Å². The summed E-state index contributed by atoms with van der Waals surface area (Å²) in [4.78, 5) is 14.4. The maximum Gasteiger partial charge on any atom is 0.244 e. The number of rotatable bonds is 4. The van der Waals surface area contributed by atoms with E-state index in [1.54, 1.807) is 23.1 Å². The lowest BCUT2D eigenvalue weighted by atomic mass is 10.1. The molecule has 1 fully saturated rings. The van der Waals surface area contributed by atoms with Crippen LogP contribution in [0.5, 0.6) is 0 Å². The van der Waals surface area contributed by atoms with Gasteiger partial charge in [-0.1, -0.05) is 23.8 Å². The molecule has 0 spiro atoms. The first-order valence-electron chi connectivity index (χ1n) is 6.71. The third-order valence-corrected chi connectivity index (χ3v) is 3.77. The Morgan fingerprint density at radius 1 is 1.48 bits per heavy atom. The summed E-state index contributed by atoms with van der Waals surface area (Å²) in [6.45, 7) is 4.21. The predicted molar refractivity (Wildman–Crippen MR) is 87.8 cm³/mol. The molecule has 1 aliphatic rings. The lowest BCUT2D eigenvalue weighted by Crippen LogP contribution is -2.47. The van der Waals surface area contributed by atoms with Crippen LogP contribution in [0.1, 0.15) is 12.5 Å². The number of carbonyl (C=O) groups is 1. The molecule has 114 valence electrons. The summed E-state index contributed by atoms with van der Waals surface area (Å²) in [7, 11) is 0. The number of thiocarbonyl (C=S) groups is 1. The topological polar surface area (TPSA) is 67.6 Å². The maximum atomic E-state index is 12.4. The molecule has 1 amide bonds. The van der Waals surface area contributed by atoms with Crippen molar-refractivity contribution in [3.05, 3.63) is 28.8 Å². The molecule has 0 saturated carbocycles. The van der Waals surface area contributed by atoms with E-state index in [2.05, 4.69) is 5.32 Å². The van der Waals surface area contributed by atoms with E-state index in [0.717, 1.165) is 0 Å². The second-order valence-electron chi connectivity index (χ2n) is 4.86. The Balaban J connectivity index is 2.10. The van der Waals surface area contributed by atoms with E-state index in [4.69, 9.17) is 34.3 Å². The van der Waals surface area contributed by atoms with Gasteiger partial charge < -0.3 is 20.7 Å². The minimum absolute atomic E-state index is 0.0298. The normalized spacial score (nSPS) is 16.4. The monoisotopic (exact) mass is 327 g/mol. The van der Waals surface area contributed by atoms with Crippen LogP contribution in [0.15, 0.2) is 18.2 Å². The summed E-state index contributed by atoms with van der Waals surface area (Å²) in [6.07, 6.45) is 0. The van der Waals surface area contributed by atoms with E-state index in [9.17, 15) is 4.79 Å². The number of nitrogens with two attached hydrogens (primary N) is 1. The molecular weight excluding hydrogens is 310 g/mol. The van der Waals surface area contributed by atoms with Crippen LogP contribution in [0.25, 0.3) is 0 Å². The van der Waals surface area contributed by atoms with Gasteiger partial charge in [-0.25, -0.2) is 0 Å². The Morgan fingerprint density at radius 2 is 2.14 bits per heavy atom. The number of anilines is 1. The largest absolute Gasteiger partial charge is 0.389 e. The molecule has 1 aromatic carbocycles. The number of nitrogens with one attached hydrogen (secondary N) is 1. The molecule has 1 aliphatic heterocycles. The van der Waals surface area contributed by atoms with E-state index in [1.807, 2.05) is 6.92 Å². The number of nitrogens with zero attached hydrogens (tertiary/aromatic N) is 1. The number of benzene rings is 1. The van der Waals surface area contributed by atoms with Gasteiger partial charge in [0.05, 0.1) is 13.2 Å². The van der Waals surface area contributed by atoms with Crippen molar-refractivity contribution in [3.63, 3.8) is 0 Å². The van der Waals surface area contributed by atoms with Gasteiger partial charge in [-0.15, -0.1) is 0 Å². The van der Waals surface area contributed by atoms with E-state index in [0.29, 0.717) is 42.6 Å². The minimum atomic E-state index is -0.377. The van der Waals surface area contributed by atoms with Crippen LogP contribution in [-0.2, 0) is 9.53 Å². The Labute approximate surface area is 134 Å². The number of carbonyl (C=O) groups excluding carboxylic acids is 1. The minimum Gasteiger partial charge on any atom is -0.389 e. The first-order valence-corrected chi connectivity index (χ1v) is 7.50. The Morgan fingerprint density at radius 3 is 2.76 bits per heavy atom. The van der Waals surface area contributed by atoms with Crippen LogP contribution in [-0.4, -0.2) is 48.1 Å². The van der Waals surface area contributed by atoms with Crippen molar-refractivity contribution in [2.75, 3.05) is 31.6 Å². The third kappa shape index (κ3) is 4.06. The molecule has 0 bridgehead atoms. The number of amides is 1. The standard InChI is InChI=1S/C14H18ClN3O2S/c1-9(14(19)18-4-6-20-7-5-18)17-12-3-2-10(15)8-11(12)13(16)21/h2-3,8-9,17H,4-7H2,1H3,(H2,16,21). The quantitative estimate of drug-likeness (QED) is 0.823. The molecule has 1 unspecified atom stereocenters. The summed E-state index contributed by atoms with van der Waals surface area (Å²) >= 11 is 11.0. The zero-order valence-electron chi connectivity index (χ0n) is 11.8. The van der Waals surface area contributed by atoms with Gasteiger partial charge in [-0.2, -0.15) is 0 Å². The fraction of sp³-hybridized carbons (Fsp3) is 0.429. The number of halogens is 1. The second-order valence-corrected chi connectivity index (χ2v) is 5.73. The average Bonchev–Trinajstić information content (AvgIpc) is 2.49. The lowest BCUT2D eigenvalue weighted by Gasteiger charge is -2.30. The predicted octanol–water partition coefficient (Wildman–Crippen LogP) is 1.63. The molecule has 0 radical (unpaired) electrons. The van der Waals surface area contributed by atoms with Gasteiger partial charge in [0.25, 0.3) is 0 Å². The Bertz CT molecular complexity index is 547. The first-order chi connectivity index (χ1) is 9.99. The Kier molecular flexibility index (Phi) is 5.39. The SMILES string of the molecule is CC(Nc1ccc(Cl)cc1C(N)=S)C(=O)N1CCOCC1. The second kappa shape index (κ2) is 7.06. The van der Waals surface area contributed by atoms with E-state index in [1.165, 1.54) is 0 Å². The zero-order chi connectivity index (χ0) is 15.4. The molecule has 1 atom stereocenters. The Hall–Kier alpha value is -1.37. The van der Waals surface area contributed by atoms with Gasteiger partial charge in [0, 0.05) is 29.4 Å². The van der Waals surface area contributed by atoms with Gasteiger partial charge in [0.15, 0.2) is 0 Å². The lowest BCUT2D eigenvalue weighted by molar-refractivity contribution is -0.135. The van der Waals surface area contributed by atoms with Crippen molar-refractivity contribution >= 4 is 40.4 Å². The number of morpholine rings is 1. The van der Waals surface area contributed by atoms with Crippen molar-refractivity contribution in [2.45, 2.75) is 13.0 Å². The molecule has 0 aliphatic carbocycles. The molecule has 0 aromatic heterocycles. The van der Waals surface area contributed by atoms with E-state index >= 15 is 0 Å². The highest BCUT2D eigenvalue weighted by atomic mass is 35.5. The molecule has 21 heavy (non-hydrogen) atoms. The fourth-order valence-electron chi connectivity index (χ4n) is 2.20. The van der Waals surface area contributed by atoms with Crippen LogP contribution < -0.4 is 11.1 Å². The molecule has 5 nitrogen and oxygen atoms in total. The molecular formula is C14H18ClN3O2S. The molecule has 1 saturated heterocycles. The third-order valence-electron chi connectivity index (χ3n) is 3.31. The highest BCUT2D eigenvalue weighted by Gasteiger charge is 2.23. The first kappa shape index (κ1) is 16.0. The van der Waals surface area contributed by atoms with Crippen LogP contribution in [0.3, 0.4) is 0 Å². The van der Waals surface area contributed by atoms with Crippen LogP contribution in [0.2, 0.25) is 5.02 Å². The summed E-state index contributed by atoms with van der Waals surface area (Å²) in [5, 5.41) is 3.71. The summed E-state index contributed by atoms with van der Waals surface area (Å²) < 4.78 is 5.25. The van der Waals surface area contributed by atoms with Crippen molar-refractivity contribution in [1.29, 1.82) is 0 Å². The highest BCUT2D eigenvalue weighted by molar-refractivity contribution is 7.80. The molecule has 1 heterocycles. The average molecular weight is 328 g/mol. The molecule has 2 rings (SSSR count). The van der Waals surface area contributed by atoms with Crippen molar-refractivity contribution in [2.24, 2.45) is 5.73 Å². The zero-order valence-corrected chi connectivity index (χ0v) is 13.3. The highest BCUT2D eigenvalue weighted by Crippen LogP contribution is 2.21. The fourth-order valence-corrected chi connectivity index (χ4v) is 2.54. The van der Waals surface area contributed by atoms with Crippen LogP contribution >= 0.6 is 23.8 Å². The van der Waals surface area contributed by atoms with Gasteiger partial charge >= 0.3 is 0 Å². The summed E-state index contributed by atoms with van der Waals surface area (Å²) in [5.41, 5.74) is 7.05. The van der Waals surface area contributed by atoms with Crippen LogP contribution in [0, 0.1) is 0 Å². The van der Waals surface area contributed by atoms with E-state index < -0.39 is 0 Å². The molecule has 1 aromatic rings. The van der Waals surface area contributed by atoms with Gasteiger partial charge in [0.1, 0.15) is 11.0 Å². The number of hydrogen-bond donors (Lipinski definition) is 2. The molecule has 3 N–H and O–H groups in total. The van der Waals surface area contributed by atoms with Crippen LogP contribution in [0.4, 0.5) is 5.69 Å². The van der Waals surface area contributed by atoms with Gasteiger partial charge in [-0.3, -0.25) is 4.79 Å². The maximum absolute atomic E-state index is 12.4. The van der Waals surface area contributed by atoms with Gasteiger partial charge in [0.2, 0.25) is 5.91 Å². The smallest absolute Gasteiger partial charge is 0.244 e. The van der Waals surface area contributed by atoms with Crippen molar-refractivity contribution in [1.82, 2.24) is 4.90 Å². The number of hydrogen-bond acceptors (Lipinski definition) is 4. The molecule has 7 heteroatoms. The summed E-state index contributed by atoms with van der Waals surface area (Å²) in [6, 6.07) is 4.83. The number of ether oxygens (including phenoxy) is 1. The summed E-state index contributed by atoms with van der Waals surface area (Å²) in [5.74, 6) is 0.0298.